The van der Waals surface area contributed by atoms with Gasteiger partial charge in [0, 0.05) is 36.5 Å². The van der Waals surface area contributed by atoms with Gasteiger partial charge in [0.1, 0.15) is 0 Å². The van der Waals surface area contributed by atoms with Gasteiger partial charge in [-0.2, -0.15) is 5.10 Å². The average Bonchev–Trinajstić information content (AvgIpc) is 2.99. The largest absolute Gasteiger partial charge is 0.371 e. The monoisotopic (exact) mass is 335 g/mol. The van der Waals surface area contributed by atoms with E-state index in [1.54, 1.807) is 0 Å². The Balaban J connectivity index is 1.59. The zero-order chi connectivity index (χ0) is 13.8. The molecule has 2 aromatic rings. The minimum Gasteiger partial charge on any atom is -0.371 e. The quantitative estimate of drug-likeness (QED) is 0.860. The van der Waals surface area contributed by atoms with Gasteiger partial charge in [0.25, 0.3) is 0 Å². The number of halogens is 1. The van der Waals surface area contributed by atoms with Crippen molar-refractivity contribution in [1.29, 1.82) is 0 Å². The maximum atomic E-state index is 5.90. The summed E-state index contributed by atoms with van der Waals surface area (Å²) in [5.74, 6) is 0. The number of aromatic nitrogens is 2. The molecule has 0 bridgehead atoms. The van der Waals surface area contributed by atoms with Gasteiger partial charge in [-0.25, -0.2) is 0 Å². The maximum Gasteiger partial charge on any atom is 0.0952 e. The molecule has 1 aromatic heterocycles. The zero-order valence-corrected chi connectivity index (χ0v) is 12.9. The number of rotatable bonds is 4. The predicted molar refractivity (Wildman–Crippen MR) is 81.5 cm³/mol. The third-order valence-corrected chi connectivity index (χ3v) is 4.07. The predicted octanol–water partition coefficient (Wildman–Crippen LogP) is 2.72. The summed E-state index contributed by atoms with van der Waals surface area (Å²) in [5.41, 5.74) is 1.24. The van der Waals surface area contributed by atoms with Gasteiger partial charge in [0.2, 0.25) is 0 Å². The molecule has 20 heavy (non-hydrogen) atoms. The van der Waals surface area contributed by atoms with E-state index in [1.807, 2.05) is 29.2 Å². The standard InChI is InChI=1S/C15H18BrN3O/c16-14-4-1-3-13(11-14)15-12-18(9-10-20-15)7-8-19-6-2-5-17-19/h1-6,11,15H,7-10,12H2/t15-/m1/s1. The Morgan fingerprint density at radius 1 is 1.30 bits per heavy atom. The molecular formula is C15H18BrN3O. The molecule has 0 N–H and O–H groups in total. The lowest BCUT2D eigenvalue weighted by molar-refractivity contribution is -0.0311. The molecule has 3 rings (SSSR count). The minimum atomic E-state index is 0.166. The second-order valence-corrected chi connectivity index (χ2v) is 5.90. The summed E-state index contributed by atoms with van der Waals surface area (Å²) in [7, 11) is 0. The van der Waals surface area contributed by atoms with Crippen molar-refractivity contribution >= 4 is 15.9 Å². The molecule has 1 aliphatic heterocycles. The lowest BCUT2D eigenvalue weighted by Gasteiger charge is -2.33. The van der Waals surface area contributed by atoms with Gasteiger partial charge < -0.3 is 4.74 Å². The van der Waals surface area contributed by atoms with Crippen LogP contribution >= 0.6 is 15.9 Å². The molecule has 0 spiro atoms. The van der Waals surface area contributed by atoms with Crippen molar-refractivity contribution in [2.75, 3.05) is 26.2 Å². The van der Waals surface area contributed by atoms with Crippen molar-refractivity contribution < 1.29 is 4.74 Å². The smallest absolute Gasteiger partial charge is 0.0952 e. The number of ether oxygens (including phenoxy) is 1. The van der Waals surface area contributed by atoms with E-state index >= 15 is 0 Å². The van der Waals surface area contributed by atoms with Gasteiger partial charge in [0.05, 0.1) is 19.3 Å². The fraction of sp³-hybridized carbons (Fsp3) is 0.400. The molecule has 4 nitrogen and oxygen atoms in total. The van der Waals surface area contributed by atoms with Gasteiger partial charge in [-0.15, -0.1) is 0 Å². The zero-order valence-electron chi connectivity index (χ0n) is 11.3. The van der Waals surface area contributed by atoms with Crippen LogP contribution in [0.25, 0.3) is 0 Å². The lowest BCUT2D eigenvalue weighted by atomic mass is 10.1. The van der Waals surface area contributed by atoms with Crippen molar-refractivity contribution in [3.8, 4) is 0 Å². The molecule has 0 amide bonds. The summed E-state index contributed by atoms with van der Waals surface area (Å²) in [6.45, 7) is 4.66. The Bertz CT molecular complexity index is 544. The van der Waals surface area contributed by atoms with Gasteiger partial charge in [-0.3, -0.25) is 9.58 Å². The van der Waals surface area contributed by atoms with Crippen LogP contribution in [0.2, 0.25) is 0 Å². The molecule has 1 aliphatic rings. The third kappa shape index (κ3) is 3.48. The first-order chi connectivity index (χ1) is 9.81. The van der Waals surface area contributed by atoms with Crippen molar-refractivity contribution in [2.24, 2.45) is 0 Å². The fourth-order valence-corrected chi connectivity index (χ4v) is 2.91. The fourth-order valence-electron chi connectivity index (χ4n) is 2.49. The summed E-state index contributed by atoms with van der Waals surface area (Å²) in [5, 5.41) is 4.24. The van der Waals surface area contributed by atoms with Crippen LogP contribution in [-0.4, -0.2) is 40.9 Å². The number of morpholine rings is 1. The molecule has 0 unspecified atom stereocenters. The van der Waals surface area contributed by atoms with Gasteiger partial charge in [-0.05, 0) is 23.8 Å². The SMILES string of the molecule is Brc1cccc([C@H]2CN(CCn3cccn3)CCO2)c1. The highest BCUT2D eigenvalue weighted by atomic mass is 79.9. The van der Waals surface area contributed by atoms with Crippen LogP contribution in [0.1, 0.15) is 11.7 Å². The Kier molecular flexibility index (Phi) is 4.50. The molecule has 1 fully saturated rings. The molecule has 2 heterocycles. The summed E-state index contributed by atoms with van der Waals surface area (Å²) in [6.07, 6.45) is 3.99. The van der Waals surface area contributed by atoms with E-state index in [9.17, 15) is 0 Å². The molecule has 0 aliphatic carbocycles. The molecule has 1 aromatic carbocycles. The van der Waals surface area contributed by atoms with Crippen LogP contribution in [0.5, 0.6) is 0 Å². The van der Waals surface area contributed by atoms with E-state index in [2.05, 4.69) is 44.1 Å². The Labute approximate surface area is 127 Å². The van der Waals surface area contributed by atoms with E-state index in [0.717, 1.165) is 37.3 Å². The van der Waals surface area contributed by atoms with Crippen molar-refractivity contribution in [3.05, 3.63) is 52.8 Å². The van der Waals surface area contributed by atoms with E-state index in [-0.39, 0.29) is 6.10 Å². The molecule has 1 atom stereocenters. The number of benzene rings is 1. The summed E-state index contributed by atoms with van der Waals surface area (Å²) in [4.78, 5) is 2.44. The van der Waals surface area contributed by atoms with E-state index < -0.39 is 0 Å². The Hall–Kier alpha value is -1.17. The van der Waals surface area contributed by atoms with E-state index in [4.69, 9.17) is 4.74 Å². The first-order valence-corrected chi connectivity index (χ1v) is 7.67. The Morgan fingerprint density at radius 3 is 3.05 bits per heavy atom. The van der Waals surface area contributed by atoms with Crippen molar-refractivity contribution in [2.45, 2.75) is 12.6 Å². The van der Waals surface area contributed by atoms with Gasteiger partial charge in [0.15, 0.2) is 0 Å². The van der Waals surface area contributed by atoms with Crippen molar-refractivity contribution in [1.82, 2.24) is 14.7 Å². The minimum absolute atomic E-state index is 0.166. The highest BCUT2D eigenvalue weighted by Gasteiger charge is 2.21. The topological polar surface area (TPSA) is 30.3 Å². The third-order valence-electron chi connectivity index (χ3n) is 3.58. The molecule has 0 radical (unpaired) electrons. The summed E-state index contributed by atoms with van der Waals surface area (Å²) >= 11 is 3.52. The first kappa shape index (κ1) is 13.8. The van der Waals surface area contributed by atoms with Gasteiger partial charge in [-0.1, -0.05) is 28.1 Å². The van der Waals surface area contributed by atoms with Crippen LogP contribution in [0.3, 0.4) is 0 Å². The highest BCUT2D eigenvalue weighted by molar-refractivity contribution is 9.10. The molecule has 106 valence electrons. The van der Waals surface area contributed by atoms with Crippen LogP contribution in [0, 0.1) is 0 Å². The molecule has 0 saturated carbocycles. The highest BCUT2D eigenvalue weighted by Crippen LogP contribution is 2.24. The van der Waals surface area contributed by atoms with Crippen LogP contribution in [0.4, 0.5) is 0 Å². The second-order valence-electron chi connectivity index (χ2n) is 4.98. The van der Waals surface area contributed by atoms with E-state index in [1.165, 1.54) is 5.56 Å². The number of hydrogen-bond donors (Lipinski definition) is 0. The molecular weight excluding hydrogens is 318 g/mol. The second kappa shape index (κ2) is 6.52. The maximum absolute atomic E-state index is 5.90. The normalized spacial score (nSPS) is 20.1. The summed E-state index contributed by atoms with van der Waals surface area (Å²) in [6, 6.07) is 10.3. The molecule has 1 saturated heterocycles. The summed E-state index contributed by atoms with van der Waals surface area (Å²) < 4.78 is 8.98. The van der Waals surface area contributed by atoms with E-state index in [0.29, 0.717) is 0 Å². The number of nitrogens with zero attached hydrogens (tertiary/aromatic N) is 3. The number of hydrogen-bond acceptors (Lipinski definition) is 3. The van der Waals surface area contributed by atoms with Crippen LogP contribution < -0.4 is 0 Å². The first-order valence-electron chi connectivity index (χ1n) is 6.88. The van der Waals surface area contributed by atoms with Gasteiger partial charge >= 0.3 is 0 Å². The molecule has 5 heteroatoms. The lowest BCUT2D eigenvalue weighted by Crippen LogP contribution is -2.40. The van der Waals surface area contributed by atoms with Crippen molar-refractivity contribution in [3.63, 3.8) is 0 Å². The average molecular weight is 336 g/mol. The van der Waals surface area contributed by atoms with Crippen LogP contribution in [0.15, 0.2) is 47.2 Å². The Morgan fingerprint density at radius 2 is 2.25 bits per heavy atom. The van der Waals surface area contributed by atoms with Crippen LogP contribution in [-0.2, 0) is 11.3 Å².